The van der Waals surface area contributed by atoms with Gasteiger partial charge in [0, 0.05) is 6.42 Å². The van der Waals surface area contributed by atoms with Gasteiger partial charge in [-0.25, -0.2) is 0 Å². The number of allylic oxidation sites excluding steroid dienone is 19. The Hall–Kier alpha value is -3.21. The average molecular weight is 884 g/mol. The van der Waals surface area contributed by atoms with Crippen LogP contribution in [0.1, 0.15) is 232 Å². The van der Waals surface area contributed by atoms with E-state index in [0.717, 1.165) is 89.9 Å². The minimum Gasteiger partial charge on any atom is -0.394 e. The zero-order valence-electron chi connectivity index (χ0n) is 41.8. The predicted octanol–water partition coefficient (Wildman–Crippen LogP) is 17.7. The topological polar surface area (TPSA) is 69.6 Å². The lowest BCUT2D eigenvalue weighted by Crippen LogP contribution is -2.45. The number of aliphatic hydroxyl groups is 2. The summed E-state index contributed by atoms with van der Waals surface area (Å²) < 4.78 is 0. The zero-order valence-corrected chi connectivity index (χ0v) is 41.8. The molecule has 0 rings (SSSR count). The Morgan fingerprint density at radius 2 is 0.688 bits per heavy atom. The first-order valence-corrected chi connectivity index (χ1v) is 26.7. The van der Waals surface area contributed by atoms with Crippen LogP contribution in [0.3, 0.4) is 0 Å². The third-order valence-corrected chi connectivity index (χ3v) is 11.5. The van der Waals surface area contributed by atoms with Gasteiger partial charge in [0.2, 0.25) is 5.91 Å². The molecule has 3 N–H and O–H groups in total. The molecule has 64 heavy (non-hydrogen) atoms. The molecule has 4 nitrogen and oxygen atoms in total. The number of unbranched alkanes of at least 4 members (excludes halogenated alkanes) is 22. The summed E-state index contributed by atoms with van der Waals surface area (Å²) in [4.78, 5) is 12.4. The molecule has 364 valence electrons. The number of rotatable bonds is 47. The number of hydrogen-bond donors (Lipinski definition) is 3. The molecule has 0 aliphatic rings. The molecule has 0 saturated heterocycles. The number of carbonyl (C=O) groups excluding carboxylic acids is 1. The van der Waals surface area contributed by atoms with Crippen LogP contribution in [-0.2, 0) is 4.79 Å². The molecule has 1 amide bonds. The first kappa shape index (κ1) is 60.8. The quantitative estimate of drug-likeness (QED) is 0.0421. The Labute approximate surface area is 397 Å². The van der Waals surface area contributed by atoms with E-state index in [1.807, 2.05) is 6.08 Å². The Morgan fingerprint density at radius 1 is 0.391 bits per heavy atom. The van der Waals surface area contributed by atoms with Gasteiger partial charge in [-0.3, -0.25) is 4.79 Å². The lowest BCUT2D eigenvalue weighted by Gasteiger charge is -2.20. The first-order chi connectivity index (χ1) is 31.7. The molecule has 0 radical (unpaired) electrons. The Bertz CT molecular complexity index is 1280. The van der Waals surface area contributed by atoms with Gasteiger partial charge in [0.05, 0.1) is 18.8 Å². The van der Waals surface area contributed by atoms with Crippen LogP contribution in [0.15, 0.2) is 122 Å². The minimum absolute atomic E-state index is 0.0753. The van der Waals surface area contributed by atoms with Crippen molar-refractivity contribution >= 4 is 5.91 Å². The lowest BCUT2D eigenvalue weighted by molar-refractivity contribution is -0.123. The molecule has 0 spiro atoms. The average Bonchev–Trinajstić information content (AvgIpc) is 3.30. The van der Waals surface area contributed by atoms with Crippen molar-refractivity contribution in [3.05, 3.63) is 122 Å². The lowest BCUT2D eigenvalue weighted by atomic mass is 10.0. The molecule has 0 fully saturated rings. The van der Waals surface area contributed by atoms with E-state index in [-0.39, 0.29) is 12.5 Å². The number of nitrogens with one attached hydrogen (secondary N) is 1. The molecule has 0 bridgehead atoms. The minimum atomic E-state index is -0.849. The number of amides is 1. The second-order valence-electron chi connectivity index (χ2n) is 17.6. The molecule has 0 aromatic rings. The monoisotopic (exact) mass is 884 g/mol. The van der Waals surface area contributed by atoms with E-state index in [0.29, 0.717) is 6.42 Å². The van der Waals surface area contributed by atoms with E-state index in [1.54, 1.807) is 6.08 Å². The van der Waals surface area contributed by atoms with E-state index in [9.17, 15) is 15.0 Å². The summed E-state index contributed by atoms with van der Waals surface area (Å²) in [5.41, 5.74) is 0. The van der Waals surface area contributed by atoms with Crippen molar-refractivity contribution in [1.29, 1.82) is 0 Å². The molecule has 0 aliphatic carbocycles. The summed E-state index contributed by atoms with van der Waals surface area (Å²) in [5.74, 6) is -0.0753. The Balaban J connectivity index is 3.62. The summed E-state index contributed by atoms with van der Waals surface area (Å²) >= 11 is 0. The third-order valence-electron chi connectivity index (χ3n) is 11.5. The standard InChI is InChI=1S/C60H101NO3/c1-3-5-7-9-11-13-15-17-19-20-21-22-23-24-25-26-27-28-29-30-31-32-33-34-35-36-37-38-39-40-42-44-46-48-50-52-54-56-60(64)61-58(57-62)59(63)55-53-51-49-47-45-43-41-18-16-14-12-10-8-6-4-2/h5,7,11,13,17,19,21-22,24-25,27-28,30-31,33-34,36-37,53,55,58-59,62-63H,3-4,6,8-10,12,14-16,18,20,23,26,29,32,35,38-52,54,56-57H2,1-2H3,(H,61,64)/b7-5-,13-11-,19-17-,22-21-,25-24-,28-27-,31-30-,34-33-,37-36-,55-53+. The number of aliphatic hydroxyl groups excluding tert-OH is 2. The van der Waals surface area contributed by atoms with Crippen LogP contribution in [-0.4, -0.2) is 34.9 Å². The zero-order chi connectivity index (χ0) is 46.3. The van der Waals surface area contributed by atoms with Crippen LogP contribution in [0.2, 0.25) is 0 Å². The van der Waals surface area contributed by atoms with Crippen LogP contribution >= 0.6 is 0 Å². The van der Waals surface area contributed by atoms with Crippen LogP contribution in [0.4, 0.5) is 0 Å². The van der Waals surface area contributed by atoms with Crippen molar-refractivity contribution in [2.45, 2.75) is 244 Å². The summed E-state index contributed by atoms with van der Waals surface area (Å²) in [7, 11) is 0. The molecule has 0 saturated carbocycles. The van der Waals surface area contributed by atoms with Crippen molar-refractivity contribution in [3.8, 4) is 0 Å². The van der Waals surface area contributed by atoms with Crippen molar-refractivity contribution in [2.24, 2.45) is 0 Å². The van der Waals surface area contributed by atoms with Gasteiger partial charge in [0.25, 0.3) is 0 Å². The second kappa shape index (κ2) is 54.1. The number of carbonyl (C=O) groups is 1. The summed E-state index contributed by atoms with van der Waals surface area (Å²) in [6.07, 6.45) is 83.3. The fourth-order valence-corrected chi connectivity index (χ4v) is 7.41. The highest BCUT2D eigenvalue weighted by Crippen LogP contribution is 2.14. The number of hydrogen-bond acceptors (Lipinski definition) is 3. The predicted molar refractivity (Wildman–Crippen MR) is 285 cm³/mol. The molecule has 2 unspecified atom stereocenters. The third kappa shape index (κ3) is 49.8. The highest BCUT2D eigenvalue weighted by Gasteiger charge is 2.18. The van der Waals surface area contributed by atoms with E-state index in [4.69, 9.17) is 0 Å². The maximum Gasteiger partial charge on any atom is 0.220 e. The molecule has 0 aromatic heterocycles. The van der Waals surface area contributed by atoms with Gasteiger partial charge in [-0.2, -0.15) is 0 Å². The molecule has 0 aromatic carbocycles. The van der Waals surface area contributed by atoms with Crippen LogP contribution in [0.5, 0.6) is 0 Å². The molecule has 0 heterocycles. The fraction of sp³-hybridized carbons (Fsp3) is 0.650. The maximum atomic E-state index is 12.4. The van der Waals surface area contributed by atoms with Gasteiger partial charge in [-0.15, -0.1) is 0 Å². The molecule has 2 atom stereocenters. The van der Waals surface area contributed by atoms with E-state index >= 15 is 0 Å². The van der Waals surface area contributed by atoms with Gasteiger partial charge in [0.15, 0.2) is 0 Å². The smallest absolute Gasteiger partial charge is 0.220 e. The van der Waals surface area contributed by atoms with Gasteiger partial charge < -0.3 is 15.5 Å². The van der Waals surface area contributed by atoms with E-state index in [1.165, 1.54) is 122 Å². The van der Waals surface area contributed by atoms with Gasteiger partial charge in [-0.1, -0.05) is 257 Å². The van der Waals surface area contributed by atoms with Crippen LogP contribution < -0.4 is 5.32 Å². The fourth-order valence-electron chi connectivity index (χ4n) is 7.41. The first-order valence-electron chi connectivity index (χ1n) is 26.7. The molecule has 4 heteroatoms. The molecule has 0 aliphatic heterocycles. The van der Waals surface area contributed by atoms with E-state index < -0.39 is 12.1 Å². The largest absolute Gasteiger partial charge is 0.394 e. The SMILES string of the molecule is CC/C=C\C/C=C\C/C=C\C/C=C\C/C=C\C/C=C\C/C=C\C/C=C\C/C=C\CCCCCCCCCCCC(=O)NC(CO)C(O)/C=C/CCCCCCCCCCCCCCC. The van der Waals surface area contributed by atoms with Crippen molar-refractivity contribution in [2.75, 3.05) is 6.61 Å². The summed E-state index contributed by atoms with van der Waals surface area (Å²) in [5, 5.41) is 23.1. The highest BCUT2D eigenvalue weighted by molar-refractivity contribution is 5.76. The summed E-state index contributed by atoms with van der Waals surface area (Å²) in [6, 6.07) is -0.633. The van der Waals surface area contributed by atoms with E-state index in [2.05, 4.69) is 129 Å². The highest BCUT2D eigenvalue weighted by atomic mass is 16.3. The maximum absolute atomic E-state index is 12.4. The molecular weight excluding hydrogens is 783 g/mol. The van der Waals surface area contributed by atoms with Gasteiger partial charge >= 0.3 is 0 Å². The van der Waals surface area contributed by atoms with Gasteiger partial charge in [-0.05, 0) is 89.9 Å². The second-order valence-corrected chi connectivity index (χ2v) is 17.6. The normalized spacial score (nSPS) is 13.9. The van der Waals surface area contributed by atoms with Gasteiger partial charge in [0.1, 0.15) is 0 Å². The van der Waals surface area contributed by atoms with Crippen molar-refractivity contribution < 1.29 is 15.0 Å². The van der Waals surface area contributed by atoms with Crippen molar-refractivity contribution in [1.82, 2.24) is 5.32 Å². The Kier molecular flexibility index (Phi) is 51.4. The molecular formula is C60H101NO3. The summed E-state index contributed by atoms with van der Waals surface area (Å²) in [6.45, 7) is 4.19. The van der Waals surface area contributed by atoms with Crippen LogP contribution in [0, 0.1) is 0 Å². The Morgan fingerprint density at radius 3 is 1.03 bits per heavy atom. The van der Waals surface area contributed by atoms with Crippen LogP contribution in [0.25, 0.3) is 0 Å². The van der Waals surface area contributed by atoms with Crippen molar-refractivity contribution in [3.63, 3.8) is 0 Å².